The largest absolute Gasteiger partial charge is 0.426 e. The number of nitrogens with one attached hydrogen (secondary N) is 1. The summed E-state index contributed by atoms with van der Waals surface area (Å²) in [5, 5.41) is 2.47. The van der Waals surface area contributed by atoms with Crippen LogP contribution in [-0.4, -0.2) is 17.1 Å². The molecule has 1 N–H and O–H groups in total. The second-order valence-electron chi connectivity index (χ2n) is 5.05. The van der Waals surface area contributed by atoms with Crippen LogP contribution in [-0.2, 0) is 16.0 Å². The molecule has 0 spiro atoms. The van der Waals surface area contributed by atoms with Crippen molar-refractivity contribution in [2.45, 2.75) is 23.5 Å². The molecule has 0 aliphatic carbocycles. The van der Waals surface area contributed by atoms with Gasteiger partial charge in [-0.2, -0.15) is 0 Å². The van der Waals surface area contributed by atoms with Gasteiger partial charge >= 0.3 is 5.97 Å². The Hall–Kier alpha value is -2.27. The Labute approximate surface area is 132 Å². The Morgan fingerprint density at radius 3 is 2.55 bits per heavy atom. The van der Waals surface area contributed by atoms with Crippen molar-refractivity contribution in [3.63, 3.8) is 0 Å². The monoisotopic (exact) mass is 313 g/mol. The van der Waals surface area contributed by atoms with Crippen LogP contribution < -0.4 is 10.1 Å². The van der Waals surface area contributed by atoms with E-state index in [0.717, 1.165) is 4.90 Å². The lowest BCUT2D eigenvalue weighted by molar-refractivity contribution is -0.133. The average Bonchev–Trinajstić information content (AvgIpc) is 2.93. The zero-order valence-corrected chi connectivity index (χ0v) is 12.9. The van der Waals surface area contributed by atoms with Gasteiger partial charge in [0.05, 0.1) is 0 Å². The molecule has 0 aromatic heterocycles. The predicted octanol–water partition coefficient (Wildman–Crippen LogP) is 3.27. The summed E-state index contributed by atoms with van der Waals surface area (Å²) in [5.74, 6) is 0.106. The second kappa shape index (κ2) is 6.23. The van der Waals surface area contributed by atoms with Crippen LogP contribution in [0.2, 0.25) is 0 Å². The first-order valence-corrected chi connectivity index (χ1v) is 7.84. The fourth-order valence-electron chi connectivity index (χ4n) is 2.30. The molecule has 112 valence electrons. The van der Waals surface area contributed by atoms with E-state index in [2.05, 4.69) is 5.32 Å². The van der Waals surface area contributed by atoms with Crippen molar-refractivity contribution in [1.82, 2.24) is 0 Å². The molecule has 2 aromatic rings. The van der Waals surface area contributed by atoms with Crippen LogP contribution in [0, 0.1) is 0 Å². The number of carbonyl (C=O) groups excluding carboxylic acids is 2. The maximum atomic E-state index is 12.2. The summed E-state index contributed by atoms with van der Waals surface area (Å²) in [4.78, 5) is 24.3. The zero-order valence-electron chi connectivity index (χ0n) is 12.0. The topological polar surface area (TPSA) is 55.4 Å². The van der Waals surface area contributed by atoms with Gasteiger partial charge in [-0.05, 0) is 42.3 Å². The summed E-state index contributed by atoms with van der Waals surface area (Å²) >= 11 is 1.54. The molecule has 1 heterocycles. The Morgan fingerprint density at radius 1 is 1.14 bits per heavy atom. The van der Waals surface area contributed by atoms with E-state index in [1.165, 1.54) is 12.5 Å². The quantitative estimate of drug-likeness (QED) is 0.698. The van der Waals surface area contributed by atoms with Crippen LogP contribution in [0.3, 0.4) is 0 Å². The standard InChI is InChI=1S/C17H15NO3S/c1-11(19)18-13-6-8-14(9-7-13)21-17(20)16-10-12-4-2-3-5-15(12)22-16/h2-9,16H,10H2,1H3,(H,18,19). The van der Waals surface area contributed by atoms with Gasteiger partial charge in [-0.25, -0.2) is 0 Å². The first kappa shape index (κ1) is 14.7. The summed E-state index contributed by atoms with van der Waals surface area (Å²) in [7, 11) is 0. The number of amides is 1. The molecule has 0 bridgehead atoms. The van der Waals surface area contributed by atoms with Crippen LogP contribution in [0.4, 0.5) is 5.69 Å². The molecule has 1 unspecified atom stereocenters. The number of rotatable bonds is 3. The van der Waals surface area contributed by atoms with Gasteiger partial charge in [0, 0.05) is 17.5 Å². The van der Waals surface area contributed by atoms with Crippen LogP contribution in [0.15, 0.2) is 53.4 Å². The predicted molar refractivity (Wildman–Crippen MR) is 86.2 cm³/mol. The third kappa shape index (κ3) is 3.31. The molecular weight excluding hydrogens is 298 g/mol. The van der Waals surface area contributed by atoms with Gasteiger partial charge in [-0.15, -0.1) is 11.8 Å². The van der Waals surface area contributed by atoms with E-state index < -0.39 is 0 Å². The van der Waals surface area contributed by atoms with Crippen molar-refractivity contribution in [3.8, 4) is 5.75 Å². The molecule has 0 fully saturated rings. The Morgan fingerprint density at radius 2 is 1.86 bits per heavy atom. The summed E-state index contributed by atoms with van der Waals surface area (Å²) in [5.41, 5.74) is 1.87. The highest BCUT2D eigenvalue weighted by Gasteiger charge is 2.29. The van der Waals surface area contributed by atoms with Crippen molar-refractivity contribution >= 4 is 29.3 Å². The molecule has 2 aromatic carbocycles. The first-order chi connectivity index (χ1) is 10.6. The Bertz CT molecular complexity index is 687. The fourth-order valence-corrected chi connectivity index (χ4v) is 3.48. The number of thioether (sulfide) groups is 1. The number of fused-ring (bicyclic) bond motifs is 1. The Balaban J connectivity index is 1.62. The number of esters is 1. The summed E-state index contributed by atoms with van der Waals surface area (Å²) in [6.07, 6.45) is 0.698. The van der Waals surface area contributed by atoms with E-state index in [1.807, 2.05) is 24.3 Å². The number of carbonyl (C=O) groups is 2. The van der Waals surface area contributed by atoms with Crippen molar-refractivity contribution in [1.29, 1.82) is 0 Å². The van der Waals surface area contributed by atoms with Gasteiger partial charge in [-0.3, -0.25) is 9.59 Å². The molecule has 0 saturated heterocycles. The lowest BCUT2D eigenvalue weighted by atomic mass is 10.1. The van der Waals surface area contributed by atoms with Crippen LogP contribution in [0.25, 0.3) is 0 Å². The molecule has 3 rings (SSSR count). The van der Waals surface area contributed by atoms with Crippen molar-refractivity contribution < 1.29 is 14.3 Å². The number of ether oxygens (including phenoxy) is 1. The van der Waals surface area contributed by atoms with Crippen molar-refractivity contribution in [2.75, 3.05) is 5.32 Å². The second-order valence-corrected chi connectivity index (χ2v) is 6.29. The molecule has 4 nitrogen and oxygen atoms in total. The third-order valence-corrected chi connectivity index (χ3v) is 4.60. The van der Waals surface area contributed by atoms with Gasteiger partial charge in [0.1, 0.15) is 11.0 Å². The van der Waals surface area contributed by atoms with Crippen LogP contribution in [0.1, 0.15) is 12.5 Å². The van der Waals surface area contributed by atoms with Crippen molar-refractivity contribution in [3.05, 3.63) is 54.1 Å². The van der Waals surface area contributed by atoms with E-state index in [1.54, 1.807) is 36.0 Å². The SMILES string of the molecule is CC(=O)Nc1ccc(OC(=O)C2Cc3ccccc3S2)cc1. The highest BCUT2D eigenvalue weighted by Crippen LogP contribution is 2.37. The minimum atomic E-state index is -0.242. The normalized spacial score (nSPS) is 16.0. The minimum Gasteiger partial charge on any atom is -0.426 e. The minimum absolute atomic E-state index is 0.134. The average molecular weight is 313 g/mol. The van der Waals surface area contributed by atoms with E-state index in [9.17, 15) is 9.59 Å². The molecule has 0 saturated carbocycles. The number of anilines is 1. The van der Waals surface area contributed by atoms with Gasteiger partial charge in [0.25, 0.3) is 0 Å². The van der Waals surface area contributed by atoms with Crippen LogP contribution >= 0.6 is 11.8 Å². The smallest absolute Gasteiger partial charge is 0.325 e. The maximum Gasteiger partial charge on any atom is 0.325 e. The molecule has 1 atom stereocenters. The van der Waals surface area contributed by atoms with Gasteiger partial charge in [0.2, 0.25) is 5.91 Å². The third-order valence-electron chi connectivity index (χ3n) is 3.30. The van der Waals surface area contributed by atoms with E-state index in [0.29, 0.717) is 17.9 Å². The van der Waals surface area contributed by atoms with Crippen LogP contribution in [0.5, 0.6) is 5.75 Å². The number of hydrogen-bond acceptors (Lipinski definition) is 4. The number of hydrogen-bond donors (Lipinski definition) is 1. The first-order valence-electron chi connectivity index (χ1n) is 6.96. The summed E-state index contributed by atoms with van der Waals surface area (Å²) < 4.78 is 5.42. The Kier molecular flexibility index (Phi) is 4.15. The number of benzene rings is 2. The highest BCUT2D eigenvalue weighted by atomic mass is 32.2. The van der Waals surface area contributed by atoms with Crippen molar-refractivity contribution in [2.24, 2.45) is 0 Å². The summed E-state index contributed by atoms with van der Waals surface area (Å²) in [6, 6.07) is 14.8. The molecule has 1 amide bonds. The molecule has 22 heavy (non-hydrogen) atoms. The highest BCUT2D eigenvalue weighted by molar-refractivity contribution is 8.01. The molecule has 1 aliphatic heterocycles. The van der Waals surface area contributed by atoms with Gasteiger partial charge < -0.3 is 10.1 Å². The fraction of sp³-hybridized carbons (Fsp3) is 0.176. The van der Waals surface area contributed by atoms with E-state index in [-0.39, 0.29) is 17.1 Å². The zero-order chi connectivity index (χ0) is 15.5. The maximum absolute atomic E-state index is 12.2. The van der Waals surface area contributed by atoms with Gasteiger partial charge in [-0.1, -0.05) is 18.2 Å². The van der Waals surface area contributed by atoms with E-state index in [4.69, 9.17) is 4.74 Å². The molecular formula is C17H15NO3S. The lowest BCUT2D eigenvalue weighted by Crippen LogP contribution is -2.22. The van der Waals surface area contributed by atoms with Gasteiger partial charge in [0.15, 0.2) is 0 Å². The molecule has 0 radical (unpaired) electrons. The van der Waals surface area contributed by atoms with E-state index >= 15 is 0 Å². The molecule has 5 heteroatoms. The molecule has 1 aliphatic rings. The summed E-state index contributed by atoms with van der Waals surface area (Å²) in [6.45, 7) is 1.45. The lowest BCUT2D eigenvalue weighted by Gasteiger charge is -2.09.